The summed E-state index contributed by atoms with van der Waals surface area (Å²) in [5.41, 5.74) is -0.749. The van der Waals surface area contributed by atoms with Crippen molar-refractivity contribution in [3.8, 4) is 5.75 Å². The van der Waals surface area contributed by atoms with Crippen molar-refractivity contribution in [3.05, 3.63) is 54.0 Å². The van der Waals surface area contributed by atoms with Gasteiger partial charge in [-0.05, 0) is 43.3 Å². The SMILES string of the molecule is CCNC(=NCC(O)COc1ccc(C(F)(F)F)cc1)NCCc1ccco1. The molecule has 1 aromatic heterocycles. The first-order chi connectivity index (χ1) is 13.4. The van der Waals surface area contributed by atoms with Gasteiger partial charge in [-0.2, -0.15) is 13.2 Å². The Bertz CT molecular complexity index is 716. The molecule has 9 heteroatoms. The van der Waals surface area contributed by atoms with Crippen LogP contribution in [0.4, 0.5) is 13.2 Å². The van der Waals surface area contributed by atoms with Gasteiger partial charge in [0, 0.05) is 19.5 Å². The molecule has 2 aromatic rings. The normalized spacial score (nSPS) is 13.2. The summed E-state index contributed by atoms with van der Waals surface area (Å²) in [4.78, 5) is 4.28. The molecule has 2 rings (SSSR count). The summed E-state index contributed by atoms with van der Waals surface area (Å²) in [6.07, 6.45) is -2.99. The van der Waals surface area contributed by atoms with Crippen LogP contribution in [0.25, 0.3) is 0 Å². The van der Waals surface area contributed by atoms with Crippen molar-refractivity contribution in [2.24, 2.45) is 4.99 Å². The quantitative estimate of drug-likeness (QED) is 0.446. The Kier molecular flexibility index (Phi) is 8.19. The number of rotatable bonds is 9. The summed E-state index contributed by atoms with van der Waals surface area (Å²) in [7, 11) is 0. The molecule has 0 radical (unpaired) electrons. The zero-order chi connectivity index (χ0) is 20.4. The standard InChI is InChI=1S/C19H24F3N3O3/c1-2-23-18(24-10-9-16-4-3-11-27-16)25-12-15(26)13-28-17-7-5-14(6-8-17)19(20,21)22/h3-8,11,15,26H,2,9-10,12-13H2,1H3,(H2,23,24,25). The lowest BCUT2D eigenvalue weighted by Gasteiger charge is -2.14. The molecule has 1 atom stereocenters. The number of furan rings is 1. The minimum Gasteiger partial charge on any atom is -0.491 e. The van der Waals surface area contributed by atoms with E-state index in [0.29, 0.717) is 25.5 Å². The predicted molar refractivity (Wildman–Crippen MR) is 99.3 cm³/mol. The van der Waals surface area contributed by atoms with Gasteiger partial charge in [-0.3, -0.25) is 4.99 Å². The summed E-state index contributed by atoms with van der Waals surface area (Å²) >= 11 is 0. The third-order valence-electron chi connectivity index (χ3n) is 3.67. The molecule has 0 spiro atoms. The Morgan fingerprint density at radius 3 is 2.57 bits per heavy atom. The van der Waals surface area contributed by atoms with E-state index >= 15 is 0 Å². The molecule has 3 N–H and O–H groups in total. The van der Waals surface area contributed by atoms with Gasteiger partial charge in [0.1, 0.15) is 24.2 Å². The van der Waals surface area contributed by atoms with Crippen molar-refractivity contribution in [2.75, 3.05) is 26.2 Å². The number of halogens is 3. The van der Waals surface area contributed by atoms with Gasteiger partial charge in [-0.1, -0.05) is 0 Å². The molecular weight excluding hydrogens is 375 g/mol. The fourth-order valence-corrected chi connectivity index (χ4v) is 2.28. The largest absolute Gasteiger partial charge is 0.491 e. The van der Waals surface area contributed by atoms with E-state index in [0.717, 1.165) is 17.9 Å². The van der Waals surface area contributed by atoms with E-state index < -0.39 is 17.8 Å². The summed E-state index contributed by atoms with van der Waals surface area (Å²) in [5.74, 6) is 1.65. The van der Waals surface area contributed by atoms with Crippen LogP contribution in [0.2, 0.25) is 0 Å². The first-order valence-electron chi connectivity index (χ1n) is 8.91. The first-order valence-corrected chi connectivity index (χ1v) is 8.91. The van der Waals surface area contributed by atoms with Crippen molar-refractivity contribution in [1.82, 2.24) is 10.6 Å². The Morgan fingerprint density at radius 1 is 1.21 bits per heavy atom. The lowest BCUT2D eigenvalue weighted by atomic mass is 10.2. The van der Waals surface area contributed by atoms with E-state index in [2.05, 4.69) is 15.6 Å². The minimum atomic E-state index is -4.39. The zero-order valence-corrected chi connectivity index (χ0v) is 15.5. The zero-order valence-electron chi connectivity index (χ0n) is 15.5. The number of hydrogen-bond donors (Lipinski definition) is 3. The van der Waals surface area contributed by atoms with Crippen LogP contribution in [0, 0.1) is 0 Å². The maximum Gasteiger partial charge on any atom is 0.416 e. The number of nitrogens with one attached hydrogen (secondary N) is 2. The molecule has 0 saturated heterocycles. The Labute approximate surface area is 161 Å². The summed E-state index contributed by atoms with van der Waals surface area (Å²) < 4.78 is 48.2. The number of aliphatic hydroxyl groups excluding tert-OH is 1. The number of aliphatic imine (C=N–C) groups is 1. The molecule has 1 aromatic carbocycles. The molecule has 1 unspecified atom stereocenters. The number of nitrogens with zero attached hydrogens (tertiary/aromatic N) is 1. The molecule has 0 fully saturated rings. The smallest absolute Gasteiger partial charge is 0.416 e. The van der Waals surface area contributed by atoms with E-state index in [1.54, 1.807) is 6.26 Å². The third-order valence-corrected chi connectivity index (χ3v) is 3.67. The predicted octanol–water partition coefficient (Wildman–Crippen LogP) is 2.84. The Balaban J connectivity index is 1.76. The molecule has 0 aliphatic rings. The van der Waals surface area contributed by atoms with Crippen LogP contribution in [-0.2, 0) is 12.6 Å². The van der Waals surface area contributed by atoms with Crippen LogP contribution in [0.3, 0.4) is 0 Å². The van der Waals surface area contributed by atoms with E-state index in [1.165, 1.54) is 12.1 Å². The highest BCUT2D eigenvalue weighted by molar-refractivity contribution is 5.79. The highest BCUT2D eigenvalue weighted by atomic mass is 19.4. The number of guanidine groups is 1. The fourth-order valence-electron chi connectivity index (χ4n) is 2.28. The van der Waals surface area contributed by atoms with Gasteiger partial charge in [-0.25, -0.2) is 0 Å². The molecule has 0 saturated carbocycles. The highest BCUT2D eigenvalue weighted by Gasteiger charge is 2.30. The Hall–Kier alpha value is -2.68. The van der Waals surface area contributed by atoms with Gasteiger partial charge in [-0.15, -0.1) is 0 Å². The first kappa shape index (κ1) is 21.6. The number of ether oxygens (including phenoxy) is 1. The van der Waals surface area contributed by atoms with Crippen molar-refractivity contribution >= 4 is 5.96 Å². The van der Waals surface area contributed by atoms with Crippen LogP contribution < -0.4 is 15.4 Å². The van der Waals surface area contributed by atoms with Crippen molar-refractivity contribution < 1.29 is 27.4 Å². The molecule has 0 bridgehead atoms. The Morgan fingerprint density at radius 2 is 1.96 bits per heavy atom. The van der Waals surface area contributed by atoms with Crippen molar-refractivity contribution in [1.29, 1.82) is 0 Å². The molecule has 0 aliphatic carbocycles. The molecule has 0 aliphatic heterocycles. The highest BCUT2D eigenvalue weighted by Crippen LogP contribution is 2.30. The van der Waals surface area contributed by atoms with Gasteiger partial charge < -0.3 is 24.9 Å². The minimum absolute atomic E-state index is 0.0801. The fraction of sp³-hybridized carbons (Fsp3) is 0.421. The van der Waals surface area contributed by atoms with E-state index in [4.69, 9.17) is 9.15 Å². The molecule has 6 nitrogen and oxygen atoms in total. The topological polar surface area (TPSA) is 79.0 Å². The molecule has 154 valence electrons. The van der Waals surface area contributed by atoms with Gasteiger partial charge in [0.25, 0.3) is 0 Å². The second-order valence-electron chi connectivity index (χ2n) is 5.96. The third kappa shape index (κ3) is 7.51. The lowest BCUT2D eigenvalue weighted by Crippen LogP contribution is -2.39. The number of hydrogen-bond acceptors (Lipinski definition) is 4. The maximum atomic E-state index is 12.5. The molecule has 0 amide bonds. The molecule has 28 heavy (non-hydrogen) atoms. The maximum absolute atomic E-state index is 12.5. The average Bonchev–Trinajstić information content (AvgIpc) is 3.17. The number of aliphatic hydroxyl groups is 1. The van der Waals surface area contributed by atoms with Crippen LogP contribution >= 0.6 is 0 Å². The lowest BCUT2D eigenvalue weighted by molar-refractivity contribution is -0.137. The van der Waals surface area contributed by atoms with Crippen molar-refractivity contribution in [3.63, 3.8) is 0 Å². The molecular formula is C19H24F3N3O3. The van der Waals surface area contributed by atoms with E-state index in [1.807, 2.05) is 19.1 Å². The van der Waals surface area contributed by atoms with Crippen LogP contribution in [-0.4, -0.2) is 43.4 Å². The second kappa shape index (κ2) is 10.6. The van der Waals surface area contributed by atoms with E-state index in [9.17, 15) is 18.3 Å². The number of alkyl halides is 3. The van der Waals surface area contributed by atoms with E-state index in [-0.39, 0.29) is 18.9 Å². The van der Waals surface area contributed by atoms with Crippen molar-refractivity contribution in [2.45, 2.75) is 25.6 Å². The van der Waals surface area contributed by atoms with Gasteiger partial charge in [0.2, 0.25) is 0 Å². The van der Waals surface area contributed by atoms with Gasteiger partial charge in [0.15, 0.2) is 5.96 Å². The van der Waals surface area contributed by atoms with Gasteiger partial charge in [0.05, 0.1) is 18.4 Å². The van der Waals surface area contributed by atoms with Crippen LogP contribution in [0.15, 0.2) is 52.1 Å². The summed E-state index contributed by atoms with van der Waals surface area (Å²) in [6, 6.07) is 8.02. The number of benzene rings is 1. The monoisotopic (exact) mass is 399 g/mol. The van der Waals surface area contributed by atoms with Crippen LogP contribution in [0.5, 0.6) is 5.75 Å². The summed E-state index contributed by atoms with van der Waals surface area (Å²) in [6.45, 7) is 3.19. The van der Waals surface area contributed by atoms with Crippen LogP contribution in [0.1, 0.15) is 18.2 Å². The molecule has 1 heterocycles. The second-order valence-corrected chi connectivity index (χ2v) is 5.96. The average molecular weight is 399 g/mol. The summed E-state index contributed by atoms with van der Waals surface area (Å²) in [5, 5.41) is 16.2. The van der Waals surface area contributed by atoms with Gasteiger partial charge >= 0.3 is 6.18 Å².